The zero-order valence-corrected chi connectivity index (χ0v) is 24.7. The van der Waals surface area contributed by atoms with Crippen molar-refractivity contribution in [1.29, 1.82) is 0 Å². The van der Waals surface area contributed by atoms with E-state index in [1.807, 2.05) is 18.4 Å². The molecule has 4 rings (SSSR count). The summed E-state index contributed by atoms with van der Waals surface area (Å²) in [4.78, 5) is 27.1. The normalized spacial score (nSPS) is 12.7. The molecule has 0 fully saturated rings. The van der Waals surface area contributed by atoms with Crippen LogP contribution in [0, 0.1) is 0 Å². The van der Waals surface area contributed by atoms with Gasteiger partial charge in [0.25, 0.3) is 0 Å². The van der Waals surface area contributed by atoms with Gasteiger partial charge in [0.15, 0.2) is 6.61 Å². The van der Waals surface area contributed by atoms with E-state index in [4.69, 9.17) is 47.7 Å². The van der Waals surface area contributed by atoms with Crippen molar-refractivity contribution in [1.82, 2.24) is 9.55 Å². The van der Waals surface area contributed by atoms with E-state index in [0.29, 0.717) is 22.4 Å². The van der Waals surface area contributed by atoms with E-state index in [1.54, 1.807) is 72.8 Å². The second-order valence-corrected chi connectivity index (χ2v) is 12.1. The number of benzene rings is 3. The van der Waals surface area contributed by atoms with Crippen LogP contribution in [0.25, 0.3) is 0 Å². The highest BCUT2D eigenvalue weighted by Gasteiger charge is 2.25. The standard InChI is InChI=1S/C27H26Cl2N3O6PS/c1-17(2)25-26(40-23-13-19(28)12-20(29)14-23)32(24(31-25)16-36-27(30)33)15-18-8-10-22(11-9-18)38-39(34,35)37-21-6-4-3-5-7-21/h3-14,17H,15-16H2,1-2H3,(H2,30,33)(H,34,35). The molecule has 1 heterocycles. The summed E-state index contributed by atoms with van der Waals surface area (Å²) in [5.41, 5.74) is 6.84. The predicted octanol–water partition coefficient (Wildman–Crippen LogP) is 7.67. The number of primary amides is 1. The maximum absolute atomic E-state index is 12.5. The summed E-state index contributed by atoms with van der Waals surface area (Å²) in [6.45, 7) is 4.23. The first-order valence-corrected chi connectivity index (χ1v) is 15.1. The maximum atomic E-state index is 12.5. The first kappa shape index (κ1) is 29.8. The van der Waals surface area contributed by atoms with Gasteiger partial charge in [0.1, 0.15) is 22.3 Å². The van der Waals surface area contributed by atoms with Gasteiger partial charge in [0, 0.05) is 21.5 Å². The van der Waals surface area contributed by atoms with Gasteiger partial charge in [-0.3, -0.25) is 4.89 Å². The van der Waals surface area contributed by atoms with E-state index >= 15 is 0 Å². The molecule has 13 heteroatoms. The third-order valence-electron chi connectivity index (χ3n) is 5.42. The van der Waals surface area contributed by atoms with E-state index in [2.05, 4.69) is 0 Å². The molecule has 1 aromatic heterocycles. The van der Waals surface area contributed by atoms with E-state index in [0.717, 1.165) is 21.2 Å². The zero-order chi connectivity index (χ0) is 28.9. The molecule has 3 N–H and O–H groups in total. The average molecular weight is 622 g/mol. The number of phosphoric acid groups is 1. The van der Waals surface area contributed by atoms with Crippen LogP contribution in [0.5, 0.6) is 11.5 Å². The minimum absolute atomic E-state index is 0.0461. The Morgan fingerprint density at radius 1 is 1.02 bits per heavy atom. The van der Waals surface area contributed by atoms with Crippen LogP contribution in [0.1, 0.15) is 36.8 Å². The molecule has 210 valence electrons. The van der Waals surface area contributed by atoms with Crippen LogP contribution in [0.2, 0.25) is 10.0 Å². The lowest BCUT2D eigenvalue weighted by Gasteiger charge is -2.15. The summed E-state index contributed by atoms with van der Waals surface area (Å²) in [6, 6.07) is 20.1. The maximum Gasteiger partial charge on any atom is 0.584 e. The molecule has 4 aromatic rings. The highest BCUT2D eigenvalue weighted by molar-refractivity contribution is 7.99. The van der Waals surface area contributed by atoms with Gasteiger partial charge < -0.3 is 24.1 Å². The molecular weight excluding hydrogens is 596 g/mol. The summed E-state index contributed by atoms with van der Waals surface area (Å²) >= 11 is 13.9. The number of para-hydroxylation sites is 1. The fourth-order valence-electron chi connectivity index (χ4n) is 3.70. The molecule has 0 saturated heterocycles. The second kappa shape index (κ2) is 13.0. The fraction of sp³-hybridized carbons (Fsp3) is 0.185. The van der Waals surface area contributed by atoms with Crippen LogP contribution >= 0.6 is 42.8 Å². The molecule has 40 heavy (non-hydrogen) atoms. The number of amides is 1. The van der Waals surface area contributed by atoms with Crippen LogP contribution in [-0.4, -0.2) is 20.5 Å². The number of rotatable bonds is 11. The Kier molecular flexibility index (Phi) is 9.71. The third-order valence-corrected chi connectivity index (χ3v) is 7.83. The minimum atomic E-state index is -4.41. The summed E-state index contributed by atoms with van der Waals surface area (Å²) in [7, 11) is -4.41. The molecular formula is C27H26Cl2N3O6PS. The van der Waals surface area contributed by atoms with Gasteiger partial charge in [0.05, 0.1) is 5.69 Å². The third kappa shape index (κ3) is 8.19. The molecule has 1 unspecified atom stereocenters. The number of imidazole rings is 1. The van der Waals surface area contributed by atoms with Gasteiger partial charge in [-0.25, -0.2) is 14.3 Å². The number of halogens is 2. The summed E-state index contributed by atoms with van der Waals surface area (Å²) in [5.74, 6) is 0.904. The number of phosphoric ester groups is 1. The van der Waals surface area contributed by atoms with Crippen molar-refractivity contribution in [2.75, 3.05) is 0 Å². The van der Waals surface area contributed by atoms with Crippen LogP contribution < -0.4 is 14.8 Å². The number of aromatic nitrogens is 2. The highest BCUT2D eigenvalue weighted by Crippen LogP contribution is 2.44. The number of ether oxygens (including phenoxy) is 1. The molecule has 0 spiro atoms. The molecule has 1 amide bonds. The number of carbonyl (C=O) groups is 1. The lowest BCUT2D eigenvalue weighted by atomic mass is 10.1. The van der Waals surface area contributed by atoms with Crippen molar-refractivity contribution in [3.05, 3.63) is 99.9 Å². The SMILES string of the molecule is CC(C)c1nc(COC(N)=O)n(Cc2ccc(OP(=O)(O)Oc3ccccc3)cc2)c1Sc1cc(Cl)cc(Cl)c1. The number of hydrogen-bond donors (Lipinski definition) is 2. The average Bonchev–Trinajstić information content (AvgIpc) is 3.20. The smallest absolute Gasteiger partial charge is 0.442 e. The molecule has 0 aliphatic rings. The predicted molar refractivity (Wildman–Crippen MR) is 154 cm³/mol. The molecule has 0 saturated carbocycles. The van der Waals surface area contributed by atoms with Crippen molar-refractivity contribution < 1.29 is 28.0 Å². The minimum Gasteiger partial charge on any atom is -0.442 e. The largest absolute Gasteiger partial charge is 0.584 e. The molecule has 0 aliphatic heterocycles. The van der Waals surface area contributed by atoms with Crippen molar-refractivity contribution in [2.45, 2.75) is 42.8 Å². The molecule has 3 aromatic carbocycles. The first-order valence-electron chi connectivity index (χ1n) is 12.0. The molecule has 9 nitrogen and oxygen atoms in total. The van der Waals surface area contributed by atoms with E-state index in [1.165, 1.54) is 11.8 Å². The summed E-state index contributed by atoms with van der Waals surface area (Å²) in [5, 5.41) is 1.81. The Morgan fingerprint density at radius 3 is 2.20 bits per heavy atom. The van der Waals surface area contributed by atoms with E-state index < -0.39 is 13.9 Å². The first-order chi connectivity index (χ1) is 19.0. The van der Waals surface area contributed by atoms with Crippen LogP contribution in [-0.2, 0) is 22.5 Å². The van der Waals surface area contributed by atoms with Gasteiger partial charge in [-0.1, -0.05) is 79.1 Å². The van der Waals surface area contributed by atoms with Gasteiger partial charge in [-0.05, 0) is 53.9 Å². The fourth-order valence-corrected chi connectivity index (χ4v) is 6.43. The Bertz CT molecular complexity index is 1510. The number of hydrogen-bond acceptors (Lipinski definition) is 7. The van der Waals surface area contributed by atoms with Gasteiger partial charge >= 0.3 is 13.9 Å². The molecule has 0 radical (unpaired) electrons. The lowest BCUT2D eigenvalue weighted by molar-refractivity contribution is 0.145. The van der Waals surface area contributed by atoms with Gasteiger partial charge in [0.2, 0.25) is 0 Å². The van der Waals surface area contributed by atoms with Crippen molar-refractivity contribution >= 4 is 48.9 Å². The Hall–Kier alpha value is -3.14. The van der Waals surface area contributed by atoms with Crippen molar-refractivity contribution in [3.8, 4) is 11.5 Å². The zero-order valence-electron chi connectivity index (χ0n) is 21.5. The van der Waals surface area contributed by atoms with Crippen LogP contribution in [0.3, 0.4) is 0 Å². The number of nitrogens with zero attached hydrogens (tertiary/aromatic N) is 2. The van der Waals surface area contributed by atoms with Crippen LogP contribution in [0.4, 0.5) is 4.79 Å². The summed E-state index contributed by atoms with van der Waals surface area (Å²) in [6.07, 6.45) is -0.913. The summed E-state index contributed by atoms with van der Waals surface area (Å²) < 4.78 is 29.8. The molecule has 0 bridgehead atoms. The van der Waals surface area contributed by atoms with Gasteiger partial charge in [-0.2, -0.15) is 0 Å². The van der Waals surface area contributed by atoms with E-state index in [-0.39, 0.29) is 24.0 Å². The number of carbonyl (C=O) groups excluding carboxylic acids is 1. The molecule has 0 aliphatic carbocycles. The highest BCUT2D eigenvalue weighted by atomic mass is 35.5. The van der Waals surface area contributed by atoms with Crippen LogP contribution in [0.15, 0.2) is 82.7 Å². The Morgan fingerprint density at radius 2 is 1.62 bits per heavy atom. The van der Waals surface area contributed by atoms with Gasteiger partial charge in [-0.15, -0.1) is 0 Å². The topological polar surface area (TPSA) is 126 Å². The second-order valence-electron chi connectivity index (χ2n) is 8.88. The number of nitrogens with two attached hydrogens (primary N) is 1. The monoisotopic (exact) mass is 621 g/mol. The van der Waals surface area contributed by atoms with Crippen molar-refractivity contribution in [3.63, 3.8) is 0 Å². The molecule has 1 atom stereocenters. The quantitative estimate of drug-likeness (QED) is 0.163. The Balaban J connectivity index is 1.62. The Labute approximate surface area is 245 Å². The lowest BCUT2D eigenvalue weighted by Crippen LogP contribution is -2.15. The van der Waals surface area contributed by atoms with Crippen molar-refractivity contribution in [2.24, 2.45) is 5.73 Å². The van der Waals surface area contributed by atoms with E-state index in [9.17, 15) is 14.3 Å².